The molecule has 2 nitrogen and oxygen atoms in total. The molecule has 0 radical (unpaired) electrons. The molecule has 0 spiro atoms. The Balaban J connectivity index is 1.99. The number of nitrogens with two attached hydrogens (primary N) is 1. The van der Waals surface area contributed by atoms with Crippen molar-refractivity contribution in [3.63, 3.8) is 0 Å². The Bertz CT molecular complexity index is 993. The van der Waals surface area contributed by atoms with Gasteiger partial charge in [-0.05, 0) is 82.2 Å². The second-order valence-electron chi connectivity index (χ2n) is 6.50. The Morgan fingerprint density at radius 3 is 2.72 bits per heavy atom. The first-order chi connectivity index (χ1) is 12.1. The third-order valence-corrected chi connectivity index (χ3v) is 4.88. The largest absolute Gasteiger partial charge is 0.399 e. The molecule has 2 aliphatic carbocycles. The van der Waals surface area contributed by atoms with Gasteiger partial charge in [-0.15, -0.1) is 0 Å². The molecule has 4 rings (SSSR count). The molecule has 3 heteroatoms. The van der Waals surface area contributed by atoms with Crippen molar-refractivity contribution in [2.24, 2.45) is 0 Å². The maximum atomic E-state index is 14.4. The van der Waals surface area contributed by atoms with Crippen LogP contribution in [0.5, 0.6) is 0 Å². The zero-order valence-electron chi connectivity index (χ0n) is 14.1. The highest BCUT2D eigenvalue weighted by molar-refractivity contribution is 6.07. The highest BCUT2D eigenvalue weighted by atomic mass is 19.1. The van der Waals surface area contributed by atoms with E-state index in [-0.39, 0.29) is 5.82 Å². The molecular weight excluding hydrogens is 311 g/mol. The van der Waals surface area contributed by atoms with Crippen LogP contribution in [-0.2, 0) is 12.8 Å². The fourth-order valence-electron chi connectivity index (χ4n) is 3.64. The van der Waals surface area contributed by atoms with Gasteiger partial charge in [0.05, 0.1) is 5.71 Å². The zero-order valence-corrected chi connectivity index (χ0v) is 14.1. The Hall–Kier alpha value is -2.94. The van der Waals surface area contributed by atoms with E-state index in [0.29, 0.717) is 12.1 Å². The van der Waals surface area contributed by atoms with Gasteiger partial charge in [-0.1, -0.05) is 31.2 Å². The molecule has 25 heavy (non-hydrogen) atoms. The minimum atomic E-state index is -0.172. The average Bonchev–Trinajstić information content (AvgIpc) is 2.59. The lowest BCUT2D eigenvalue weighted by molar-refractivity contribution is 0.612. The van der Waals surface area contributed by atoms with Crippen molar-refractivity contribution in [1.29, 1.82) is 5.41 Å². The first-order valence-electron chi connectivity index (χ1n) is 8.46. The van der Waals surface area contributed by atoms with Crippen LogP contribution in [-0.4, -0.2) is 5.71 Å². The van der Waals surface area contributed by atoms with E-state index in [4.69, 9.17) is 11.1 Å². The van der Waals surface area contributed by atoms with Gasteiger partial charge < -0.3 is 11.1 Å². The molecule has 0 bridgehead atoms. The minimum absolute atomic E-state index is 0.172. The molecule has 0 heterocycles. The predicted octanol–water partition coefficient (Wildman–Crippen LogP) is 4.84. The van der Waals surface area contributed by atoms with Crippen molar-refractivity contribution in [1.82, 2.24) is 0 Å². The number of nitrogen functional groups attached to an aromatic ring is 1. The lowest BCUT2D eigenvalue weighted by atomic mass is 9.77. The van der Waals surface area contributed by atoms with Gasteiger partial charge in [-0.3, -0.25) is 0 Å². The average molecular weight is 330 g/mol. The number of anilines is 1. The highest BCUT2D eigenvalue weighted by Crippen LogP contribution is 2.41. The van der Waals surface area contributed by atoms with E-state index in [1.807, 2.05) is 49.4 Å². The van der Waals surface area contributed by atoms with Gasteiger partial charge in [0, 0.05) is 5.69 Å². The molecule has 0 amide bonds. The standard InChI is InChI=1S/C22H19FN2/c1-2-13-3-4-14(12-21(13)23)22-19-7-5-17(24)10-15(19)9-16-11-18(25)6-8-20(16)22/h3-8,10-12,24H,2,9,25H2,1H3. The van der Waals surface area contributed by atoms with Gasteiger partial charge in [0.15, 0.2) is 0 Å². The summed E-state index contributed by atoms with van der Waals surface area (Å²) in [4.78, 5) is 0. The van der Waals surface area contributed by atoms with Gasteiger partial charge in [0.2, 0.25) is 0 Å². The van der Waals surface area contributed by atoms with Crippen LogP contribution >= 0.6 is 0 Å². The summed E-state index contributed by atoms with van der Waals surface area (Å²) in [6.07, 6.45) is 7.06. The van der Waals surface area contributed by atoms with Crippen molar-refractivity contribution in [3.8, 4) is 0 Å². The summed E-state index contributed by atoms with van der Waals surface area (Å²) >= 11 is 0. The smallest absolute Gasteiger partial charge is 0.127 e. The van der Waals surface area contributed by atoms with Crippen LogP contribution in [0.1, 0.15) is 29.2 Å². The van der Waals surface area contributed by atoms with Crippen LogP contribution in [0.4, 0.5) is 10.1 Å². The number of hydrogen-bond donors (Lipinski definition) is 2. The molecule has 0 saturated heterocycles. The molecule has 3 N–H and O–H groups in total. The Kier molecular flexibility index (Phi) is 3.65. The Morgan fingerprint density at radius 1 is 1.12 bits per heavy atom. The molecule has 2 aromatic rings. The maximum absolute atomic E-state index is 14.4. The summed E-state index contributed by atoms with van der Waals surface area (Å²) in [5, 5.41) is 7.93. The summed E-state index contributed by atoms with van der Waals surface area (Å²) in [6.45, 7) is 1.95. The molecule has 0 saturated carbocycles. The van der Waals surface area contributed by atoms with Crippen LogP contribution in [0.2, 0.25) is 0 Å². The summed E-state index contributed by atoms with van der Waals surface area (Å²) in [5.41, 5.74) is 14.1. The van der Waals surface area contributed by atoms with E-state index in [1.54, 1.807) is 12.1 Å². The number of benzene rings is 2. The lowest BCUT2D eigenvalue weighted by Gasteiger charge is -2.27. The third kappa shape index (κ3) is 2.62. The normalized spacial score (nSPS) is 15.8. The van der Waals surface area contributed by atoms with Crippen molar-refractivity contribution in [2.75, 3.05) is 5.73 Å². The molecule has 124 valence electrons. The van der Waals surface area contributed by atoms with E-state index in [9.17, 15) is 4.39 Å². The number of hydrogen-bond acceptors (Lipinski definition) is 2. The number of halogens is 1. The summed E-state index contributed by atoms with van der Waals surface area (Å²) in [5.74, 6) is -0.172. The van der Waals surface area contributed by atoms with E-state index >= 15 is 0 Å². The van der Waals surface area contributed by atoms with Crippen molar-refractivity contribution in [2.45, 2.75) is 19.8 Å². The molecular formula is C22H19FN2. The van der Waals surface area contributed by atoms with Gasteiger partial charge in [-0.2, -0.15) is 0 Å². The molecule has 0 atom stereocenters. The van der Waals surface area contributed by atoms with Gasteiger partial charge in [0.1, 0.15) is 5.82 Å². The molecule has 2 aliphatic rings. The number of aryl methyl sites for hydroxylation is 1. The quantitative estimate of drug-likeness (QED) is 0.760. The number of nitrogens with one attached hydrogen (secondary N) is 1. The fraction of sp³-hybridized carbons (Fsp3) is 0.136. The van der Waals surface area contributed by atoms with E-state index in [1.165, 1.54) is 0 Å². The van der Waals surface area contributed by atoms with Crippen molar-refractivity contribution < 1.29 is 4.39 Å². The summed E-state index contributed by atoms with van der Waals surface area (Å²) in [7, 11) is 0. The minimum Gasteiger partial charge on any atom is -0.399 e. The fourth-order valence-corrected chi connectivity index (χ4v) is 3.64. The predicted molar refractivity (Wildman–Crippen MR) is 101 cm³/mol. The van der Waals surface area contributed by atoms with E-state index in [0.717, 1.165) is 51.1 Å². The summed E-state index contributed by atoms with van der Waals surface area (Å²) < 4.78 is 14.4. The topological polar surface area (TPSA) is 49.9 Å². The number of fused-ring (bicyclic) bond motifs is 2. The zero-order chi connectivity index (χ0) is 17.6. The van der Waals surface area contributed by atoms with E-state index < -0.39 is 0 Å². The van der Waals surface area contributed by atoms with Crippen molar-refractivity contribution in [3.05, 3.63) is 93.8 Å². The maximum Gasteiger partial charge on any atom is 0.127 e. The second-order valence-corrected chi connectivity index (χ2v) is 6.50. The summed E-state index contributed by atoms with van der Waals surface area (Å²) in [6, 6.07) is 11.4. The number of rotatable bonds is 2. The first-order valence-corrected chi connectivity index (χ1v) is 8.46. The third-order valence-electron chi connectivity index (χ3n) is 4.88. The van der Waals surface area contributed by atoms with Crippen LogP contribution < -0.4 is 5.73 Å². The molecule has 2 aromatic carbocycles. The van der Waals surface area contributed by atoms with E-state index in [2.05, 4.69) is 0 Å². The monoisotopic (exact) mass is 330 g/mol. The SMILES string of the molecule is CCc1ccc(C2=C3C=CC(=N)C=C3Cc3cc(N)ccc32)cc1F. The van der Waals surface area contributed by atoms with Crippen LogP contribution in [0.15, 0.2) is 65.8 Å². The van der Waals surface area contributed by atoms with Crippen LogP contribution in [0.25, 0.3) is 5.57 Å². The molecule has 0 fully saturated rings. The van der Waals surface area contributed by atoms with Gasteiger partial charge >= 0.3 is 0 Å². The molecule has 0 aromatic heterocycles. The van der Waals surface area contributed by atoms with Crippen molar-refractivity contribution >= 4 is 17.0 Å². The van der Waals surface area contributed by atoms with Gasteiger partial charge in [-0.25, -0.2) is 4.39 Å². The van der Waals surface area contributed by atoms with Crippen LogP contribution in [0.3, 0.4) is 0 Å². The highest BCUT2D eigenvalue weighted by Gasteiger charge is 2.24. The Labute approximate surface area is 146 Å². The second kappa shape index (κ2) is 5.85. The molecule has 0 aliphatic heterocycles. The first kappa shape index (κ1) is 15.6. The molecule has 0 unspecified atom stereocenters. The number of allylic oxidation sites excluding steroid dienone is 5. The van der Waals surface area contributed by atoms with Crippen LogP contribution in [0, 0.1) is 11.2 Å². The van der Waals surface area contributed by atoms with Gasteiger partial charge in [0.25, 0.3) is 0 Å². The Morgan fingerprint density at radius 2 is 1.96 bits per heavy atom. The lowest BCUT2D eigenvalue weighted by Crippen LogP contribution is -2.12.